The van der Waals surface area contributed by atoms with Gasteiger partial charge in [0.25, 0.3) is 11.8 Å². The van der Waals surface area contributed by atoms with Crippen molar-refractivity contribution in [1.82, 2.24) is 36.1 Å². The number of likely N-dealkylation sites (N-methyl/N-ethyl adjacent to an activating group) is 1. The lowest BCUT2D eigenvalue weighted by atomic mass is 9.81. The molecule has 0 spiro atoms. The van der Waals surface area contributed by atoms with E-state index in [0.717, 1.165) is 11.3 Å². The van der Waals surface area contributed by atoms with Crippen molar-refractivity contribution in [1.29, 1.82) is 0 Å². The van der Waals surface area contributed by atoms with Gasteiger partial charge in [0, 0.05) is 106 Å². The van der Waals surface area contributed by atoms with Crippen molar-refractivity contribution < 1.29 is 86.0 Å². The van der Waals surface area contributed by atoms with Gasteiger partial charge in [0.1, 0.15) is 22.5 Å². The fourth-order valence-electron chi connectivity index (χ4n) is 11.5. The van der Waals surface area contributed by atoms with Gasteiger partial charge in [-0.25, -0.2) is 4.98 Å². The highest BCUT2D eigenvalue weighted by Gasteiger charge is 2.40. The first-order chi connectivity index (χ1) is 47.9. The number of Topliss-reactive ketones (excluding diaryl/α,β-unsaturated/α-hetero) is 4. The molecule has 0 bridgehead atoms. The number of carbonyl (C=O) groups is 13. The molecule has 3 heterocycles. The largest absolute Gasteiger partial charge is 0.469 e. The number of allylic oxidation sites excluding steroid dienone is 1. The molecule has 5 N–H and O–H groups in total. The van der Waals surface area contributed by atoms with Gasteiger partial charge in [-0.05, 0) is 95.5 Å². The Morgan fingerprint density at radius 1 is 0.814 bits per heavy atom. The number of aromatic nitrogens is 1. The summed E-state index contributed by atoms with van der Waals surface area (Å²) in [7, 11) is 6.55. The molecule has 26 nitrogen and oxygen atoms in total. The van der Waals surface area contributed by atoms with E-state index in [1.165, 1.54) is 68.9 Å². The van der Waals surface area contributed by atoms with E-state index in [1.807, 2.05) is 60.5 Å². The molecule has 0 saturated carbocycles. The molecule has 6 amide bonds. The Bertz CT molecular complexity index is 3310. The molecule has 10 atom stereocenters. The van der Waals surface area contributed by atoms with Gasteiger partial charge in [-0.2, -0.15) is 0 Å². The number of carbonyl (C=O) groups excluding carboxylic acids is 13. The van der Waals surface area contributed by atoms with Crippen molar-refractivity contribution in [2.45, 2.75) is 203 Å². The highest BCUT2D eigenvalue weighted by molar-refractivity contribution is 8.23. The van der Waals surface area contributed by atoms with Crippen LogP contribution in [0.15, 0.2) is 33.4 Å². The highest BCUT2D eigenvalue weighted by atomic mass is 32.2. The minimum atomic E-state index is -1.25. The van der Waals surface area contributed by atoms with Gasteiger partial charge in [-0.1, -0.05) is 81.7 Å². The van der Waals surface area contributed by atoms with Crippen LogP contribution in [0, 0.1) is 47.3 Å². The summed E-state index contributed by atoms with van der Waals surface area (Å²) in [5, 5.41) is 16.3. The number of esters is 3. The first kappa shape index (κ1) is 87.5. The van der Waals surface area contributed by atoms with Gasteiger partial charge >= 0.3 is 17.9 Å². The fraction of sp³-hybridized carbons (Fsp3) is 0.671. The third-order valence-electron chi connectivity index (χ3n) is 18.7. The average Bonchev–Trinajstić information content (AvgIpc) is 1.13. The van der Waals surface area contributed by atoms with Crippen molar-refractivity contribution >= 4 is 117 Å². The van der Waals surface area contributed by atoms with Gasteiger partial charge in [0.05, 0.1) is 65.8 Å². The Hall–Kier alpha value is -6.92. The number of fused-ring (bicyclic) bond motifs is 1. The molecule has 0 fully saturated rings. The number of ether oxygens (including phenoxy) is 5. The maximum absolute atomic E-state index is 14.6. The van der Waals surface area contributed by atoms with Crippen molar-refractivity contribution in [2.75, 3.05) is 71.6 Å². The summed E-state index contributed by atoms with van der Waals surface area (Å²) in [4.78, 5) is 187. The van der Waals surface area contributed by atoms with Gasteiger partial charge in [0.2, 0.25) is 23.6 Å². The molecule has 2 aliphatic heterocycles. The summed E-state index contributed by atoms with van der Waals surface area (Å²) in [6.07, 6.45) is -0.486. The Balaban J connectivity index is 1.68. The molecular formula is C73H110N8O18S3. The van der Waals surface area contributed by atoms with Crippen LogP contribution in [0.2, 0.25) is 0 Å². The molecule has 2 aliphatic rings. The van der Waals surface area contributed by atoms with Crippen molar-refractivity contribution in [3.05, 3.63) is 49.7 Å². The number of ketones is 4. The maximum Gasteiger partial charge on any atom is 0.314 e. The SMILES string of the molecule is CC[C@H](C)[C@H](CC(=O)C(C)(C)N(C)C)C(=O)N(C)[C@H](C[C@@H](OC(C)=O)c1nc(C(=O)N[C@@H](Cc2ccc3c(c2)NC(=O)C(C)NC(=O)C(C(C)C)CC(=O)CCOCCNC(=O)C2=C(SCS2)C(=O)CCCOCCC(=O)NC(C(C)C)C(=O)CC(C)C(=O)O3)CC(C)C(=O)OC)cs1)C(C)C. The topological polar surface area (TPSA) is 348 Å². The molecule has 1 aromatic heterocycles. The fourth-order valence-corrected chi connectivity index (χ4v) is 14.8. The molecular weight excluding hydrogens is 1370 g/mol. The zero-order valence-electron chi connectivity index (χ0n) is 62.8. The Morgan fingerprint density at radius 2 is 1.48 bits per heavy atom. The number of nitrogens with one attached hydrogen (secondary N) is 5. The summed E-state index contributed by atoms with van der Waals surface area (Å²) in [5.41, 5.74) is -0.492. The summed E-state index contributed by atoms with van der Waals surface area (Å²) in [6, 6.07) is 0.853. The van der Waals surface area contributed by atoms with Gasteiger partial charge < -0.3 is 55.2 Å². The van der Waals surface area contributed by atoms with E-state index in [2.05, 4.69) is 31.6 Å². The van der Waals surface area contributed by atoms with E-state index in [9.17, 15) is 62.3 Å². The number of hydrogen-bond acceptors (Lipinski definition) is 23. The third-order valence-corrected chi connectivity index (χ3v) is 22.1. The van der Waals surface area contributed by atoms with Gasteiger partial charge in [0.15, 0.2) is 29.2 Å². The van der Waals surface area contributed by atoms with Crippen molar-refractivity contribution in [3.63, 3.8) is 0 Å². The number of anilines is 1. The summed E-state index contributed by atoms with van der Waals surface area (Å²) < 4.78 is 28.3. The molecule has 4 rings (SSSR count). The second kappa shape index (κ2) is 42.1. The number of benzene rings is 1. The predicted octanol–water partition coefficient (Wildman–Crippen LogP) is 8.38. The number of nitrogens with zero attached hydrogens (tertiary/aromatic N) is 3. The number of thiazole rings is 1. The molecule has 2 aromatic rings. The Morgan fingerprint density at radius 3 is 2.11 bits per heavy atom. The number of amides is 6. The van der Waals surface area contributed by atoms with E-state index in [0.29, 0.717) is 33.3 Å². The normalized spacial score (nSPS) is 21.0. The second-order valence-corrected chi connectivity index (χ2v) is 31.5. The lowest BCUT2D eigenvalue weighted by molar-refractivity contribution is -0.150. The van der Waals surface area contributed by atoms with E-state index >= 15 is 0 Å². The molecule has 0 saturated heterocycles. The molecule has 102 heavy (non-hydrogen) atoms. The third kappa shape index (κ3) is 27.0. The average molecular weight is 1480 g/mol. The zero-order valence-corrected chi connectivity index (χ0v) is 65.2. The molecule has 0 aliphatic carbocycles. The zero-order chi connectivity index (χ0) is 76.5. The van der Waals surface area contributed by atoms with Crippen LogP contribution in [0.25, 0.3) is 0 Å². The predicted molar refractivity (Wildman–Crippen MR) is 391 cm³/mol. The maximum atomic E-state index is 14.6. The monoisotopic (exact) mass is 1480 g/mol. The highest BCUT2D eigenvalue weighted by Crippen LogP contribution is 2.41. The van der Waals surface area contributed by atoms with E-state index < -0.39 is 119 Å². The van der Waals surface area contributed by atoms with Gasteiger partial charge in [-0.15, -0.1) is 34.9 Å². The lowest BCUT2D eigenvalue weighted by Crippen LogP contribution is -2.50. The second-order valence-electron chi connectivity index (χ2n) is 28.3. The van der Waals surface area contributed by atoms with Crippen LogP contribution in [0.3, 0.4) is 0 Å². The molecule has 568 valence electrons. The first-order valence-electron chi connectivity index (χ1n) is 35.2. The number of thioether (sulfide) groups is 2. The lowest BCUT2D eigenvalue weighted by Gasteiger charge is -2.38. The minimum absolute atomic E-state index is 0.000448. The molecule has 1 aromatic carbocycles. The van der Waals surface area contributed by atoms with Gasteiger partial charge in [-0.3, -0.25) is 67.2 Å². The van der Waals surface area contributed by atoms with Crippen molar-refractivity contribution in [2.24, 2.45) is 47.3 Å². The summed E-state index contributed by atoms with van der Waals surface area (Å²) in [6.45, 7) is 24.5. The summed E-state index contributed by atoms with van der Waals surface area (Å²) >= 11 is 3.61. The van der Waals surface area contributed by atoms with Crippen LogP contribution in [0.1, 0.15) is 188 Å². The van der Waals surface area contributed by atoms with Crippen molar-refractivity contribution in [3.8, 4) is 5.75 Å². The molecule has 0 radical (unpaired) electrons. The number of hydrogen-bond donors (Lipinski definition) is 5. The minimum Gasteiger partial charge on any atom is -0.469 e. The molecule has 5 unspecified atom stereocenters. The van der Waals surface area contributed by atoms with Crippen LogP contribution in [-0.2, 0) is 82.9 Å². The smallest absolute Gasteiger partial charge is 0.314 e. The van der Waals surface area contributed by atoms with Crippen LogP contribution in [-0.4, -0.2) is 187 Å². The van der Waals surface area contributed by atoms with Crippen LogP contribution in [0.4, 0.5) is 5.69 Å². The Labute approximate surface area is 613 Å². The molecule has 29 heteroatoms. The number of rotatable bonds is 22. The van der Waals surface area contributed by atoms with E-state index in [1.54, 1.807) is 52.6 Å². The van der Waals surface area contributed by atoms with Crippen LogP contribution >= 0.6 is 34.9 Å². The standard InChI is InChI=1S/C73H110N8O18S3/c1-19-43(8)52(36-60(86)73(13,14)80(15)16)70(92)81(17)55(41(4)5)37-59(98-47(12)82)69-78-54(38-100-69)67(90)76-49(31-44(9)71(93)95-18)33-48-22-23-58-53(34-48)77-65(88)46(11)75-66(89)51(40(2)3)35-50(83)24-28-97-30-26-74-68(91)64-63(101-39-102-64)56(84)21-20-27-96-29-25-61(87)79-62(42(6)7)57(85)32-45(10)72(94)99-58/h22-23,34,38,40-46,49,51-52,55,59,62H,19-21,24-33,35-37,39H2,1-18H3,(H,74,91)(H,75,89)(H,76,90)(H,77,88)(H,79,87)/t43-,44?,45?,46?,49+,51?,52-,55+,59+,62?/m0/s1. The van der Waals surface area contributed by atoms with Crippen LogP contribution in [0.5, 0.6) is 5.75 Å². The van der Waals surface area contributed by atoms with Crippen LogP contribution < -0.4 is 31.3 Å². The van der Waals surface area contributed by atoms with E-state index in [-0.39, 0.29) is 154 Å². The Kier molecular flexibility index (Phi) is 36.1. The quantitative estimate of drug-likeness (QED) is 0.0545. The van der Waals surface area contributed by atoms with E-state index in [4.69, 9.17) is 23.7 Å². The first-order valence-corrected chi connectivity index (χ1v) is 38.0. The number of methoxy groups -OCH3 is 1. The summed E-state index contributed by atoms with van der Waals surface area (Å²) in [5.74, 6) is -10.8.